The number of carbonyl (C=O) groups is 4. The van der Waals surface area contributed by atoms with E-state index in [-0.39, 0.29) is 73.9 Å². The Morgan fingerprint density at radius 1 is 0.643 bits per heavy atom. The third-order valence-electron chi connectivity index (χ3n) is 7.43. The Morgan fingerprint density at radius 2 is 0.964 bits per heavy atom. The molecular formula is C20H34N2O6. The first kappa shape index (κ1) is 24.2. The van der Waals surface area contributed by atoms with Gasteiger partial charge in [0, 0.05) is 0 Å². The van der Waals surface area contributed by atoms with Crippen LogP contribution in [0.15, 0.2) is 0 Å². The molecule has 6 fully saturated rings. The lowest BCUT2D eigenvalue weighted by atomic mass is 9.81. The molecular weight excluding hydrogens is 364 g/mol. The van der Waals surface area contributed by atoms with E-state index in [1.54, 1.807) is 0 Å². The van der Waals surface area contributed by atoms with Gasteiger partial charge in [-0.05, 0) is 62.2 Å². The molecule has 0 radical (unpaired) electrons. The number of esters is 2. The third kappa shape index (κ3) is 3.16. The first-order valence-corrected chi connectivity index (χ1v) is 9.15. The molecule has 160 valence electrons. The zero-order valence-corrected chi connectivity index (χ0v) is 14.6. The van der Waals surface area contributed by atoms with E-state index >= 15 is 0 Å². The van der Waals surface area contributed by atoms with E-state index in [4.69, 9.17) is 0 Å². The molecule has 6 N–H and O–H groups in total. The maximum atomic E-state index is 11.3. The smallest absolute Gasteiger partial charge is 0.317 e. The standard InChI is InChI=1S/C9H11NO2.C9H10O3.2CH4.H3N.H2O/c11-8-6-4-1-2-5(3-4)7(6)9(12)10-8;10-8-6-4-1-2-5(3-4)7(6)9(11)12-8;;;;/h4-7H,1-3H2,(H,10,11,12);4-7H,1-3H2;2*1H4;1H3;1H2/t2*4-,5+,6-,7+;;;;. The minimum atomic E-state index is -0.253. The number of hydrogen-bond acceptors (Lipinski definition) is 6. The van der Waals surface area contributed by atoms with E-state index in [0.717, 1.165) is 38.5 Å². The van der Waals surface area contributed by atoms with Crippen LogP contribution in [0, 0.1) is 47.3 Å². The second-order valence-corrected chi connectivity index (χ2v) is 8.36. The van der Waals surface area contributed by atoms with Gasteiger partial charge in [0.15, 0.2) is 0 Å². The second-order valence-electron chi connectivity index (χ2n) is 8.36. The Labute approximate surface area is 166 Å². The van der Waals surface area contributed by atoms with Crippen molar-refractivity contribution < 1.29 is 29.4 Å². The zero-order valence-electron chi connectivity index (χ0n) is 14.6. The third-order valence-corrected chi connectivity index (χ3v) is 7.43. The molecule has 8 atom stereocenters. The van der Waals surface area contributed by atoms with Gasteiger partial charge in [0.1, 0.15) is 0 Å². The number of carbonyl (C=O) groups excluding carboxylic acids is 4. The summed E-state index contributed by atoms with van der Waals surface area (Å²) in [7, 11) is 0. The SMILES string of the molecule is C.C.N.O.O=C1NC(=O)[C@H]2[C@H]3CC[C@H](C3)[C@@H]12.O=C1OC(=O)[C@H]2[C@H]3CC[C@H](C3)[C@@H]12. The lowest BCUT2D eigenvalue weighted by Gasteiger charge is -2.19. The lowest BCUT2D eigenvalue weighted by molar-refractivity contribution is -0.154. The van der Waals surface area contributed by atoms with Crippen LogP contribution in [-0.4, -0.2) is 29.2 Å². The number of ether oxygens (including phenoxy) is 1. The zero-order chi connectivity index (χ0) is 16.6. The maximum Gasteiger partial charge on any atom is 0.317 e. The van der Waals surface area contributed by atoms with Crippen LogP contribution in [0.25, 0.3) is 0 Å². The van der Waals surface area contributed by atoms with Gasteiger partial charge >= 0.3 is 11.9 Å². The van der Waals surface area contributed by atoms with Gasteiger partial charge in [-0.25, -0.2) is 0 Å². The number of fused-ring (bicyclic) bond motifs is 10. The van der Waals surface area contributed by atoms with E-state index < -0.39 is 0 Å². The van der Waals surface area contributed by atoms with E-state index in [1.165, 1.54) is 0 Å². The Balaban J connectivity index is 0.000000245. The average molecular weight is 399 g/mol. The highest BCUT2D eigenvalue weighted by Crippen LogP contribution is 2.55. The summed E-state index contributed by atoms with van der Waals surface area (Å²) in [5.41, 5.74) is 0. The Bertz CT molecular complexity index is 557. The van der Waals surface area contributed by atoms with Gasteiger partial charge in [0.05, 0.1) is 23.7 Å². The minimum absolute atomic E-state index is 0. The van der Waals surface area contributed by atoms with Crippen molar-refractivity contribution in [1.82, 2.24) is 11.5 Å². The van der Waals surface area contributed by atoms with Crippen LogP contribution in [0.3, 0.4) is 0 Å². The highest BCUT2D eigenvalue weighted by atomic mass is 16.6. The van der Waals surface area contributed by atoms with Crippen molar-refractivity contribution in [2.24, 2.45) is 47.3 Å². The molecule has 0 aromatic heterocycles. The van der Waals surface area contributed by atoms with Gasteiger partial charge in [-0.2, -0.15) is 0 Å². The molecule has 0 aromatic rings. The van der Waals surface area contributed by atoms with E-state index in [0.29, 0.717) is 23.7 Å². The van der Waals surface area contributed by atoms with E-state index in [9.17, 15) is 19.2 Å². The molecule has 8 nitrogen and oxygen atoms in total. The van der Waals surface area contributed by atoms with Gasteiger partial charge in [-0.1, -0.05) is 14.9 Å². The molecule has 2 heterocycles. The second kappa shape index (κ2) is 8.29. The van der Waals surface area contributed by atoms with Gasteiger partial charge in [0.25, 0.3) is 0 Å². The topological polar surface area (TPSA) is 156 Å². The molecule has 2 amide bonds. The van der Waals surface area contributed by atoms with Crippen LogP contribution < -0.4 is 11.5 Å². The predicted molar refractivity (Wildman–Crippen MR) is 102 cm³/mol. The van der Waals surface area contributed by atoms with Gasteiger partial charge in [-0.3, -0.25) is 24.5 Å². The normalized spacial score (nSPS) is 42.6. The molecule has 0 spiro atoms. The Morgan fingerprint density at radius 3 is 1.32 bits per heavy atom. The Hall–Kier alpha value is -1.80. The average Bonchev–Trinajstić information content (AvgIpc) is 3.34. The summed E-state index contributed by atoms with van der Waals surface area (Å²) in [5, 5.41) is 2.44. The van der Waals surface area contributed by atoms with Crippen molar-refractivity contribution >= 4 is 23.8 Å². The van der Waals surface area contributed by atoms with Crippen molar-refractivity contribution in [2.45, 2.75) is 53.4 Å². The van der Waals surface area contributed by atoms with E-state index in [1.807, 2.05) is 0 Å². The molecule has 28 heavy (non-hydrogen) atoms. The quantitative estimate of drug-likeness (QED) is 0.359. The fraction of sp³-hybridized carbons (Fsp3) is 0.800. The summed E-state index contributed by atoms with van der Waals surface area (Å²) in [6, 6.07) is 0. The largest absolute Gasteiger partial charge is 0.412 e. The summed E-state index contributed by atoms with van der Waals surface area (Å²) in [6.45, 7) is 0. The summed E-state index contributed by atoms with van der Waals surface area (Å²) < 4.78 is 4.63. The molecule has 2 saturated heterocycles. The molecule has 4 aliphatic carbocycles. The highest BCUT2D eigenvalue weighted by Gasteiger charge is 2.60. The highest BCUT2D eigenvalue weighted by molar-refractivity contribution is 6.06. The molecule has 6 rings (SSSR count). The molecule has 4 bridgehead atoms. The van der Waals surface area contributed by atoms with Crippen molar-refractivity contribution in [1.29, 1.82) is 0 Å². The van der Waals surface area contributed by atoms with Crippen LogP contribution in [0.4, 0.5) is 0 Å². The number of amides is 2. The predicted octanol–water partition coefficient (Wildman–Crippen LogP) is 1.65. The minimum Gasteiger partial charge on any atom is -0.412 e. The molecule has 2 aliphatic heterocycles. The Kier molecular flexibility index (Phi) is 7.17. The number of cyclic esters (lactones) is 2. The number of imide groups is 1. The molecule has 8 heteroatoms. The van der Waals surface area contributed by atoms with Gasteiger partial charge < -0.3 is 16.4 Å². The van der Waals surface area contributed by atoms with Crippen molar-refractivity contribution in [2.75, 3.05) is 0 Å². The first-order valence-electron chi connectivity index (χ1n) is 9.15. The number of nitrogens with one attached hydrogen (secondary N) is 1. The molecule has 6 aliphatic rings. The summed E-state index contributed by atoms with van der Waals surface area (Å²) in [6.07, 6.45) is 6.76. The summed E-state index contributed by atoms with van der Waals surface area (Å²) in [5.74, 6) is 1.43. The monoisotopic (exact) mass is 398 g/mol. The fourth-order valence-corrected chi connectivity index (χ4v) is 6.54. The number of hydrogen-bond donors (Lipinski definition) is 2. The van der Waals surface area contributed by atoms with Crippen LogP contribution in [0.1, 0.15) is 53.4 Å². The number of rotatable bonds is 0. The van der Waals surface area contributed by atoms with Crippen LogP contribution >= 0.6 is 0 Å². The molecule has 4 saturated carbocycles. The van der Waals surface area contributed by atoms with Crippen molar-refractivity contribution in [3.05, 3.63) is 0 Å². The maximum absolute atomic E-state index is 11.3. The van der Waals surface area contributed by atoms with Crippen molar-refractivity contribution in [3.8, 4) is 0 Å². The van der Waals surface area contributed by atoms with Crippen LogP contribution in [-0.2, 0) is 23.9 Å². The molecule has 0 unspecified atom stereocenters. The lowest BCUT2D eigenvalue weighted by Crippen LogP contribution is -2.24. The summed E-state index contributed by atoms with van der Waals surface area (Å²) in [4.78, 5) is 45.1. The van der Waals surface area contributed by atoms with Crippen LogP contribution in [0.5, 0.6) is 0 Å². The fourth-order valence-electron chi connectivity index (χ4n) is 6.54. The summed E-state index contributed by atoms with van der Waals surface area (Å²) >= 11 is 0. The van der Waals surface area contributed by atoms with E-state index in [2.05, 4.69) is 10.1 Å². The molecule has 0 aromatic carbocycles. The van der Waals surface area contributed by atoms with Crippen molar-refractivity contribution in [3.63, 3.8) is 0 Å². The van der Waals surface area contributed by atoms with Gasteiger partial charge in [-0.15, -0.1) is 0 Å². The van der Waals surface area contributed by atoms with Gasteiger partial charge in [0.2, 0.25) is 11.8 Å². The first-order chi connectivity index (χ1) is 11.5. The van der Waals surface area contributed by atoms with Crippen LogP contribution in [0.2, 0.25) is 0 Å².